The van der Waals surface area contributed by atoms with Crippen LogP contribution >= 0.6 is 0 Å². The van der Waals surface area contributed by atoms with Crippen molar-refractivity contribution in [2.45, 2.75) is 334 Å². The predicted molar refractivity (Wildman–Crippen MR) is 306 cm³/mol. The van der Waals surface area contributed by atoms with Gasteiger partial charge in [-0.1, -0.05) is 268 Å². The fourth-order valence-electron chi connectivity index (χ4n) is 9.31. The van der Waals surface area contributed by atoms with Gasteiger partial charge in [0, 0.05) is 12.8 Å². The van der Waals surface area contributed by atoms with E-state index >= 15 is 0 Å². The summed E-state index contributed by atoms with van der Waals surface area (Å²) < 4.78 is 5.47. The Bertz CT molecular complexity index is 1180. The van der Waals surface area contributed by atoms with E-state index in [1.54, 1.807) is 6.08 Å². The number of ether oxygens (including phenoxy) is 1. The topological polar surface area (TPSA) is 95.9 Å². The summed E-state index contributed by atoms with van der Waals surface area (Å²) in [5.41, 5.74) is 0. The maximum atomic E-state index is 12.4. The van der Waals surface area contributed by atoms with Crippen molar-refractivity contribution in [1.29, 1.82) is 0 Å². The first-order valence-electron chi connectivity index (χ1n) is 30.9. The molecule has 0 aliphatic carbocycles. The molecule has 3 N–H and O–H groups in total. The molecule has 6 heteroatoms. The molecule has 0 aliphatic heterocycles. The zero-order valence-electron chi connectivity index (χ0n) is 46.7. The van der Waals surface area contributed by atoms with Crippen LogP contribution in [0.2, 0.25) is 0 Å². The van der Waals surface area contributed by atoms with Gasteiger partial charge in [0.15, 0.2) is 0 Å². The third-order valence-electron chi connectivity index (χ3n) is 14.1. The van der Waals surface area contributed by atoms with Crippen LogP contribution in [-0.4, -0.2) is 47.4 Å². The lowest BCUT2D eigenvalue weighted by Gasteiger charge is -2.20. The van der Waals surface area contributed by atoms with Gasteiger partial charge in [-0.25, -0.2) is 0 Å². The summed E-state index contributed by atoms with van der Waals surface area (Å²) in [6.45, 7) is 4.87. The molecule has 0 spiro atoms. The highest BCUT2D eigenvalue weighted by Crippen LogP contribution is 2.16. The zero-order chi connectivity index (χ0) is 50.7. The smallest absolute Gasteiger partial charge is 0.305 e. The molecule has 0 aliphatic rings. The molecule has 0 heterocycles. The minimum absolute atomic E-state index is 0.00192. The molecule has 1 amide bonds. The van der Waals surface area contributed by atoms with Crippen molar-refractivity contribution in [1.82, 2.24) is 5.32 Å². The van der Waals surface area contributed by atoms with Crippen molar-refractivity contribution in [2.24, 2.45) is 0 Å². The Morgan fingerprint density at radius 1 is 0.400 bits per heavy atom. The first-order valence-corrected chi connectivity index (χ1v) is 30.9. The second-order valence-electron chi connectivity index (χ2n) is 21.0. The van der Waals surface area contributed by atoms with Crippen LogP contribution < -0.4 is 5.32 Å². The van der Waals surface area contributed by atoms with E-state index in [9.17, 15) is 19.8 Å². The minimum atomic E-state index is -0.844. The summed E-state index contributed by atoms with van der Waals surface area (Å²) >= 11 is 0. The van der Waals surface area contributed by atoms with Gasteiger partial charge in [-0.15, -0.1) is 0 Å². The fourth-order valence-corrected chi connectivity index (χ4v) is 9.31. The third-order valence-corrected chi connectivity index (χ3v) is 14.1. The molecule has 0 aromatic carbocycles. The van der Waals surface area contributed by atoms with E-state index in [2.05, 4.69) is 55.6 Å². The SMILES string of the molecule is CCCCCC/C=C\CCCCCCCC(=O)OCCCCCCCCCCC/C=C\C/C=C\CCCCCCCCCCCCCCCC(=O)NC(CO)C(O)/C=C/CCCCCCCCCCC. The molecule has 0 aromatic rings. The Labute approximate surface area is 436 Å². The lowest BCUT2D eigenvalue weighted by atomic mass is 10.0. The third kappa shape index (κ3) is 55.1. The molecule has 6 nitrogen and oxygen atoms in total. The van der Waals surface area contributed by atoms with Gasteiger partial charge in [0.2, 0.25) is 5.91 Å². The standard InChI is InChI=1S/C64H119NO5/c1-3-5-7-9-11-13-15-33-38-42-46-50-54-58-64(69)70-59-55-51-47-43-39-35-32-30-28-26-24-22-20-18-16-17-19-21-23-25-27-29-31-34-37-41-45-49-53-57-63(68)65-61(60-66)62(67)56-52-48-44-40-36-14-12-10-8-6-4-2/h13,15-16,18,22,24,52,56,61-62,66-67H,3-12,14,17,19-21,23,25-51,53-55,57-60H2,1-2H3,(H,65,68)/b15-13-,18-16-,24-22-,56-52+. The number of carbonyl (C=O) groups is 2. The number of hydrogen-bond donors (Lipinski definition) is 3. The quantitative estimate of drug-likeness (QED) is 0.0321. The Balaban J connectivity index is 3.41. The highest BCUT2D eigenvalue weighted by atomic mass is 16.5. The summed E-state index contributed by atoms with van der Waals surface area (Å²) in [6.07, 6.45) is 75.9. The minimum Gasteiger partial charge on any atom is -0.466 e. The van der Waals surface area contributed by atoms with E-state index in [0.717, 1.165) is 51.4 Å². The molecule has 0 aromatic heterocycles. The Morgan fingerprint density at radius 3 is 1.11 bits per heavy atom. The highest BCUT2D eigenvalue weighted by molar-refractivity contribution is 5.76. The zero-order valence-corrected chi connectivity index (χ0v) is 46.7. The number of aliphatic hydroxyl groups excluding tert-OH is 2. The van der Waals surface area contributed by atoms with Crippen LogP contribution in [0.15, 0.2) is 48.6 Å². The van der Waals surface area contributed by atoms with Crippen molar-refractivity contribution < 1.29 is 24.5 Å². The number of allylic oxidation sites excluding steroid dienone is 7. The van der Waals surface area contributed by atoms with Crippen LogP contribution in [0.4, 0.5) is 0 Å². The van der Waals surface area contributed by atoms with Crippen LogP contribution in [0.25, 0.3) is 0 Å². The number of nitrogens with one attached hydrogen (secondary N) is 1. The van der Waals surface area contributed by atoms with Crippen LogP contribution in [0.1, 0.15) is 322 Å². The number of rotatable bonds is 57. The van der Waals surface area contributed by atoms with Crippen molar-refractivity contribution in [3.05, 3.63) is 48.6 Å². The van der Waals surface area contributed by atoms with Gasteiger partial charge in [0.1, 0.15) is 0 Å². The molecule has 70 heavy (non-hydrogen) atoms. The number of hydrogen-bond acceptors (Lipinski definition) is 5. The average Bonchev–Trinajstić information content (AvgIpc) is 3.36. The summed E-state index contributed by atoms with van der Waals surface area (Å²) in [5, 5.41) is 23.0. The van der Waals surface area contributed by atoms with Gasteiger partial charge in [-0.3, -0.25) is 9.59 Å². The second kappa shape index (κ2) is 59.4. The molecule has 0 saturated heterocycles. The van der Waals surface area contributed by atoms with Gasteiger partial charge < -0.3 is 20.3 Å². The first-order chi connectivity index (χ1) is 34.5. The van der Waals surface area contributed by atoms with Crippen molar-refractivity contribution in [3.8, 4) is 0 Å². The molecular formula is C64H119NO5. The molecule has 2 atom stereocenters. The summed E-state index contributed by atoms with van der Waals surface area (Å²) in [6, 6.07) is -0.628. The van der Waals surface area contributed by atoms with Crippen molar-refractivity contribution >= 4 is 11.9 Å². The van der Waals surface area contributed by atoms with Crippen molar-refractivity contribution in [3.63, 3.8) is 0 Å². The molecule has 410 valence electrons. The summed E-state index contributed by atoms with van der Waals surface area (Å²) in [7, 11) is 0. The van der Waals surface area contributed by atoms with E-state index < -0.39 is 12.1 Å². The lowest BCUT2D eigenvalue weighted by Crippen LogP contribution is -2.45. The van der Waals surface area contributed by atoms with Gasteiger partial charge >= 0.3 is 5.97 Å². The van der Waals surface area contributed by atoms with Gasteiger partial charge in [-0.05, 0) is 89.9 Å². The Morgan fingerprint density at radius 2 is 0.714 bits per heavy atom. The number of aliphatic hydroxyl groups is 2. The molecule has 0 saturated carbocycles. The largest absolute Gasteiger partial charge is 0.466 e. The number of esters is 1. The van der Waals surface area contributed by atoms with Crippen LogP contribution in [-0.2, 0) is 14.3 Å². The maximum Gasteiger partial charge on any atom is 0.305 e. The first kappa shape index (κ1) is 67.8. The monoisotopic (exact) mass is 982 g/mol. The maximum absolute atomic E-state index is 12.4. The van der Waals surface area contributed by atoms with Crippen LogP contribution in [0.3, 0.4) is 0 Å². The van der Waals surface area contributed by atoms with E-state index in [1.165, 1.54) is 244 Å². The number of amides is 1. The van der Waals surface area contributed by atoms with Crippen molar-refractivity contribution in [2.75, 3.05) is 13.2 Å². The normalized spacial score (nSPS) is 12.9. The number of carbonyl (C=O) groups excluding carboxylic acids is 2. The molecule has 0 rings (SSSR count). The van der Waals surface area contributed by atoms with E-state index in [1.807, 2.05) is 6.08 Å². The van der Waals surface area contributed by atoms with E-state index in [-0.39, 0.29) is 18.5 Å². The summed E-state index contributed by atoms with van der Waals surface area (Å²) in [4.78, 5) is 24.4. The van der Waals surface area contributed by atoms with Crippen LogP contribution in [0.5, 0.6) is 0 Å². The van der Waals surface area contributed by atoms with Crippen LogP contribution in [0, 0.1) is 0 Å². The Kier molecular flexibility index (Phi) is 57.5. The van der Waals surface area contributed by atoms with Gasteiger partial charge in [0.05, 0.1) is 25.4 Å². The molecule has 0 radical (unpaired) electrons. The van der Waals surface area contributed by atoms with E-state index in [4.69, 9.17) is 4.74 Å². The summed E-state index contributed by atoms with van der Waals surface area (Å²) in [5.74, 6) is -0.0683. The number of unbranched alkanes of at least 4 members (excludes halogenated alkanes) is 40. The molecule has 2 unspecified atom stereocenters. The predicted octanol–water partition coefficient (Wildman–Crippen LogP) is 19.4. The molecule has 0 fully saturated rings. The van der Waals surface area contributed by atoms with Gasteiger partial charge in [-0.2, -0.15) is 0 Å². The molecular weight excluding hydrogens is 863 g/mol. The fraction of sp³-hybridized carbons (Fsp3) is 0.844. The average molecular weight is 983 g/mol. The Hall–Kier alpha value is -2.18. The second-order valence-corrected chi connectivity index (χ2v) is 21.0. The van der Waals surface area contributed by atoms with E-state index in [0.29, 0.717) is 19.4 Å². The lowest BCUT2D eigenvalue weighted by molar-refractivity contribution is -0.143. The van der Waals surface area contributed by atoms with Gasteiger partial charge in [0.25, 0.3) is 0 Å². The highest BCUT2D eigenvalue weighted by Gasteiger charge is 2.18. The molecule has 0 bridgehead atoms.